The fraction of sp³-hybridized carbons (Fsp3) is 0.474. The maximum absolute atomic E-state index is 13.2. The Labute approximate surface area is 207 Å². The molecule has 0 radical (unpaired) electrons. The minimum atomic E-state index is -1.62. The summed E-state index contributed by atoms with van der Waals surface area (Å²) in [4.78, 5) is 41.4. The Morgan fingerprint density at radius 3 is 2.85 bits per heavy atom. The van der Waals surface area contributed by atoms with Crippen LogP contribution in [0.4, 0.5) is 0 Å². The van der Waals surface area contributed by atoms with Crippen LogP contribution in [-0.4, -0.2) is 84.7 Å². The maximum atomic E-state index is 13.2. The van der Waals surface area contributed by atoms with Crippen LogP contribution in [0.25, 0.3) is 0 Å². The van der Waals surface area contributed by atoms with Crippen molar-refractivity contribution in [3.63, 3.8) is 0 Å². The van der Waals surface area contributed by atoms with Crippen molar-refractivity contribution in [3.8, 4) is 0 Å². The molecule has 1 unspecified atom stereocenters. The molecule has 2 aliphatic rings. The van der Waals surface area contributed by atoms with Crippen molar-refractivity contribution in [2.24, 2.45) is 0 Å². The zero-order chi connectivity index (χ0) is 24.5. The molecule has 0 aromatic carbocycles. The molecule has 4 heterocycles. The van der Waals surface area contributed by atoms with E-state index in [0.29, 0.717) is 23.0 Å². The first-order chi connectivity index (χ1) is 16.3. The molecule has 1 saturated heterocycles. The third kappa shape index (κ3) is 4.45. The van der Waals surface area contributed by atoms with Crippen LogP contribution in [0.5, 0.6) is 0 Å². The van der Waals surface area contributed by atoms with Crippen molar-refractivity contribution in [3.05, 3.63) is 33.2 Å². The van der Waals surface area contributed by atoms with Crippen molar-refractivity contribution in [2.45, 2.75) is 41.4 Å². The molecular weight excluding hydrogens is 502 g/mol. The van der Waals surface area contributed by atoms with Crippen molar-refractivity contribution in [1.82, 2.24) is 36.2 Å². The minimum Gasteiger partial charge on any atom is -0.477 e. The monoisotopic (exact) mass is 525 g/mol. The summed E-state index contributed by atoms with van der Waals surface area (Å²) in [5, 5.41) is 28.7. The topological polar surface area (TPSA) is 162 Å². The largest absolute Gasteiger partial charge is 0.477 e. The summed E-state index contributed by atoms with van der Waals surface area (Å²) in [5.41, 5.74) is -1.17. The highest BCUT2D eigenvalue weighted by Crippen LogP contribution is 2.48. The second-order valence-corrected chi connectivity index (χ2v) is 11.2. The van der Waals surface area contributed by atoms with E-state index >= 15 is 0 Å². The van der Waals surface area contributed by atoms with Gasteiger partial charge >= 0.3 is 5.97 Å². The Kier molecular flexibility index (Phi) is 7.28. The van der Waals surface area contributed by atoms with Gasteiger partial charge in [-0.15, -0.1) is 33.3 Å². The van der Waals surface area contributed by atoms with Gasteiger partial charge in [-0.05, 0) is 36.9 Å². The zero-order valence-electron chi connectivity index (χ0n) is 18.5. The van der Waals surface area contributed by atoms with Gasteiger partial charge in [0.15, 0.2) is 0 Å². The number of carboxylic acid groups (broad SMARTS) is 1. The number of hydrogen-bond acceptors (Lipinski definition) is 11. The molecule has 3 atom stereocenters. The highest BCUT2D eigenvalue weighted by Gasteiger charge is 2.66. The van der Waals surface area contributed by atoms with Crippen molar-refractivity contribution in [2.75, 3.05) is 19.9 Å². The fourth-order valence-electron chi connectivity index (χ4n) is 3.84. The van der Waals surface area contributed by atoms with Gasteiger partial charge < -0.3 is 20.5 Å². The number of carbonyl (C=O) groups is 3. The summed E-state index contributed by atoms with van der Waals surface area (Å²) in [6.07, 6.45) is 0.0927. The van der Waals surface area contributed by atoms with Crippen LogP contribution < -0.4 is 10.6 Å². The van der Waals surface area contributed by atoms with Crippen LogP contribution in [-0.2, 0) is 32.1 Å². The molecule has 0 aliphatic carbocycles. The molecule has 2 aromatic heterocycles. The lowest BCUT2D eigenvalue weighted by Crippen LogP contribution is -2.80. The lowest BCUT2D eigenvalue weighted by molar-refractivity contribution is -0.192. The number of aromatic nitrogens is 4. The molecule has 0 bridgehead atoms. The Bertz CT molecular complexity index is 1120. The molecule has 0 saturated carbocycles. The van der Waals surface area contributed by atoms with E-state index in [9.17, 15) is 19.5 Å². The molecule has 2 aromatic rings. The molecular formula is C19H23N7O5S3. The first kappa shape index (κ1) is 24.7. The molecule has 15 heteroatoms. The Morgan fingerprint density at radius 1 is 1.44 bits per heavy atom. The average molecular weight is 526 g/mol. The summed E-state index contributed by atoms with van der Waals surface area (Å²) < 4.78 is 5.51. The van der Waals surface area contributed by atoms with Gasteiger partial charge in [-0.1, -0.05) is 11.8 Å². The first-order valence-electron chi connectivity index (χ1n) is 10.2. The number of ether oxygens (including phenoxy) is 1. The number of methoxy groups -OCH3 is 1. The van der Waals surface area contributed by atoms with Gasteiger partial charge in [0.25, 0.3) is 11.6 Å². The van der Waals surface area contributed by atoms with Gasteiger partial charge in [-0.3, -0.25) is 14.5 Å². The van der Waals surface area contributed by atoms with Gasteiger partial charge in [-0.2, -0.15) is 5.21 Å². The standard InChI is InChI=1S/C19H23N7O5S3/c1-9(33-18-22-24-25-23-18)12-8-32-17-19(31-3,16(30)26(17)14(12)15(28)29)21-13(27)6-10-4-5-11(34-10)7-20-2/h4-5,9,17,20H,6-8H2,1-3H3,(H,21,27)(H,28,29)(H,22,23,24,25)/t9?,17-,19-/m0/s1. The summed E-state index contributed by atoms with van der Waals surface area (Å²) in [6.45, 7) is 2.52. The molecule has 4 rings (SSSR count). The fourth-order valence-corrected chi connectivity index (χ4v) is 7.38. The Morgan fingerprint density at radius 2 is 2.21 bits per heavy atom. The van der Waals surface area contributed by atoms with Crippen LogP contribution in [0.15, 0.2) is 28.6 Å². The molecule has 0 spiro atoms. The van der Waals surface area contributed by atoms with Crippen molar-refractivity contribution < 1.29 is 24.2 Å². The van der Waals surface area contributed by atoms with Gasteiger partial charge in [-0.25, -0.2) is 4.79 Å². The normalized spacial score (nSPS) is 22.9. The number of carboxylic acids is 1. The number of β-lactam (4-membered cyclic amide) rings is 1. The second-order valence-electron chi connectivity index (χ2n) is 7.54. The Hall–Kier alpha value is -2.46. The zero-order valence-corrected chi connectivity index (χ0v) is 21.0. The number of tetrazole rings is 1. The van der Waals surface area contributed by atoms with Crippen LogP contribution in [0.3, 0.4) is 0 Å². The number of H-pyrrole nitrogens is 1. The summed E-state index contributed by atoms with van der Waals surface area (Å²) in [5.74, 6) is -1.88. The van der Waals surface area contributed by atoms with Gasteiger partial charge in [0.2, 0.25) is 11.1 Å². The molecule has 34 heavy (non-hydrogen) atoms. The van der Waals surface area contributed by atoms with E-state index in [1.165, 1.54) is 46.9 Å². The van der Waals surface area contributed by atoms with E-state index in [-0.39, 0.29) is 23.3 Å². The van der Waals surface area contributed by atoms with Gasteiger partial charge in [0.1, 0.15) is 11.1 Å². The SMILES string of the molecule is CNCc1ccc(CC(=O)N[C@]2(OC)C(=O)N3C(C(=O)O)=C(C(C)Sc4nn[nH]n4)CS[C@H]32)s1. The quantitative estimate of drug-likeness (QED) is 0.193. The predicted molar refractivity (Wildman–Crippen MR) is 126 cm³/mol. The lowest BCUT2D eigenvalue weighted by Gasteiger charge is -2.56. The number of hydrogen-bond donors (Lipinski definition) is 4. The third-order valence-electron chi connectivity index (χ3n) is 5.41. The third-order valence-corrected chi connectivity index (χ3v) is 8.86. The van der Waals surface area contributed by atoms with Gasteiger partial charge in [0, 0.05) is 34.4 Å². The summed E-state index contributed by atoms with van der Waals surface area (Å²) in [7, 11) is 3.18. The van der Waals surface area contributed by atoms with Crippen molar-refractivity contribution in [1.29, 1.82) is 0 Å². The van der Waals surface area contributed by atoms with Crippen LogP contribution in [0, 0.1) is 0 Å². The molecule has 4 N–H and O–H groups in total. The minimum absolute atomic E-state index is 0.0927. The molecule has 1 fully saturated rings. The molecule has 2 aliphatic heterocycles. The smallest absolute Gasteiger partial charge is 0.352 e. The van der Waals surface area contributed by atoms with E-state index in [4.69, 9.17) is 4.74 Å². The van der Waals surface area contributed by atoms with E-state index in [0.717, 1.165) is 9.75 Å². The second kappa shape index (κ2) is 10.0. The molecule has 2 amide bonds. The van der Waals surface area contributed by atoms with Gasteiger partial charge in [0.05, 0.1) is 6.42 Å². The number of nitrogens with one attached hydrogen (secondary N) is 3. The number of nitrogens with zero attached hydrogens (tertiary/aromatic N) is 4. The molecule has 182 valence electrons. The molecule has 12 nitrogen and oxygen atoms in total. The maximum Gasteiger partial charge on any atom is 0.352 e. The number of aliphatic carboxylic acids is 1. The summed E-state index contributed by atoms with van der Waals surface area (Å²) >= 11 is 4.08. The number of fused-ring (bicyclic) bond motifs is 1. The lowest BCUT2D eigenvalue weighted by atomic mass is 9.97. The number of rotatable bonds is 10. The predicted octanol–water partition coefficient (Wildman–Crippen LogP) is 0.417. The van der Waals surface area contributed by atoms with E-state index in [2.05, 4.69) is 31.3 Å². The summed E-state index contributed by atoms with van der Waals surface area (Å²) in [6, 6.07) is 3.82. The van der Waals surface area contributed by atoms with Crippen LogP contribution in [0.2, 0.25) is 0 Å². The number of aromatic amines is 1. The number of thioether (sulfide) groups is 2. The van der Waals surface area contributed by atoms with Crippen molar-refractivity contribution >= 4 is 52.6 Å². The van der Waals surface area contributed by atoms with E-state index in [1.54, 1.807) is 0 Å². The average Bonchev–Trinajstić information content (AvgIpc) is 3.48. The highest BCUT2D eigenvalue weighted by molar-refractivity contribution is 8.01. The number of carbonyl (C=O) groups excluding carboxylic acids is 2. The Balaban J connectivity index is 1.52. The van der Waals surface area contributed by atoms with Crippen LogP contribution >= 0.6 is 34.9 Å². The number of amides is 2. The first-order valence-corrected chi connectivity index (χ1v) is 12.9. The number of thiophene rings is 1. The van der Waals surface area contributed by atoms with E-state index in [1.807, 2.05) is 26.1 Å². The van der Waals surface area contributed by atoms with E-state index < -0.39 is 23.0 Å². The highest BCUT2D eigenvalue weighted by atomic mass is 32.2. The van der Waals surface area contributed by atoms with Crippen LogP contribution in [0.1, 0.15) is 16.7 Å².